The van der Waals surface area contributed by atoms with Crippen LogP contribution in [0.2, 0.25) is 0 Å². The fourth-order valence-corrected chi connectivity index (χ4v) is 4.55. The Morgan fingerprint density at radius 3 is 2.03 bits per heavy atom. The third kappa shape index (κ3) is 7.82. The number of carbonyl (C=O) groups is 2. The summed E-state index contributed by atoms with van der Waals surface area (Å²) in [6, 6.07) is 20.3. The molecule has 0 spiro atoms. The van der Waals surface area contributed by atoms with Crippen molar-refractivity contribution in [2.45, 2.75) is 65.9 Å². The van der Waals surface area contributed by atoms with Gasteiger partial charge in [-0.15, -0.1) is 6.58 Å². The predicted molar refractivity (Wildman–Crippen MR) is 154 cm³/mol. The van der Waals surface area contributed by atoms with Gasteiger partial charge in [-0.05, 0) is 97.2 Å². The van der Waals surface area contributed by atoms with Crippen LogP contribution in [0.25, 0.3) is 11.1 Å². The average Bonchev–Trinajstić information content (AvgIpc) is 2.86. The number of aryl methyl sites for hydroxylation is 2. The van der Waals surface area contributed by atoms with E-state index in [1.807, 2.05) is 19.1 Å². The molecule has 200 valence electrons. The normalized spacial score (nSPS) is 11.7. The topological polar surface area (TPSA) is 75.6 Å². The highest BCUT2D eigenvalue weighted by Crippen LogP contribution is 2.35. The number of carbonyl (C=O) groups excluding carboxylic acids is 1. The lowest BCUT2D eigenvalue weighted by Gasteiger charge is -2.22. The number of amides is 1. The first kappa shape index (κ1) is 28.7. The second-order valence-corrected chi connectivity index (χ2v) is 10.3. The van der Waals surface area contributed by atoms with Gasteiger partial charge >= 0.3 is 5.97 Å². The van der Waals surface area contributed by atoms with Crippen molar-refractivity contribution >= 4 is 11.9 Å². The molecule has 0 aliphatic rings. The predicted octanol–water partition coefficient (Wildman–Crippen LogP) is 7.77. The van der Waals surface area contributed by atoms with Crippen LogP contribution >= 0.6 is 0 Å². The molecule has 0 aromatic heterocycles. The molecule has 1 atom stereocenters. The monoisotopic (exact) mass is 513 g/mol. The van der Waals surface area contributed by atoms with Crippen LogP contribution < -0.4 is 10.1 Å². The number of aliphatic carboxylic acids is 1. The summed E-state index contributed by atoms with van der Waals surface area (Å²) in [5.74, 6) is 0.0736. The maximum Gasteiger partial charge on any atom is 0.305 e. The Labute approximate surface area is 226 Å². The second-order valence-electron chi connectivity index (χ2n) is 10.3. The molecule has 0 aliphatic carbocycles. The Hall–Kier alpha value is -3.86. The van der Waals surface area contributed by atoms with E-state index in [1.54, 1.807) is 12.1 Å². The van der Waals surface area contributed by atoms with E-state index >= 15 is 0 Å². The largest absolute Gasteiger partial charge is 0.486 e. The van der Waals surface area contributed by atoms with Gasteiger partial charge in [-0.25, -0.2) is 0 Å². The van der Waals surface area contributed by atoms with Gasteiger partial charge in [-0.3, -0.25) is 9.59 Å². The lowest BCUT2D eigenvalue weighted by atomic mass is 9.93. The molecule has 5 nitrogen and oxygen atoms in total. The summed E-state index contributed by atoms with van der Waals surface area (Å²) in [6.45, 7) is 14.8. The second kappa shape index (κ2) is 13.1. The summed E-state index contributed by atoms with van der Waals surface area (Å²) < 4.78 is 6.54. The van der Waals surface area contributed by atoms with Gasteiger partial charge < -0.3 is 15.2 Å². The van der Waals surface area contributed by atoms with E-state index in [1.165, 1.54) is 16.7 Å². The van der Waals surface area contributed by atoms with E-state index in [0.29, 0.717) is 11.5 Å². The molecule has 38 heavy (non-hydrogen) atoms. The Kier molecular flexibility index (Phi) is 9.89. The van der Waals surface area contributed by atoms with Crippen molar-refractivity contribution in [3.8, 4) is 16.9 Å². The molecule has 3 rings (SSSR count). The van der Waals surface area contributed by atoms with Crippen molar-refractivity contribution in [1.29, 1.82) is 0 Å². The van der Waals surface area contributed by atoms with Gasteiger partial charge in [0.2, 0.25) is 0 Å². The van der Waals surface area contributed by atoms with Crippen LogP contribution in [-0.4, -0.2) is 23.5 Å². The lowest BCUT2D eigenvalue weighted by molar-refractivity contribution is -0.136. The van der Waals surface area contributed by atoms with E-state index in [2.05, 4.69) is 76.0 Å². The molecule has 0 fully saturated rings. The van der Waals surface area contributed by atoms with Gasteiger partial charge in [0.15, 0.2) is 0 Å². The summed E-state index contributed by atoms with van der Waals surface area (Å²) in [6.07, 6.45) is 1.27. The third-order valence-corrected chi connectivity index (χ3v) is 6.65. The van der Waals surface area contributed by atoms with Crippen LogP contribution in [0.1, 0.15) is 84.7 Å². The molecule has 5 heteroatoms. The molecule has 0 heterocycles. The fourth-order valence-electron chi connectivity index (χ4n) is 4.55. The molecule has 0 saturated carbocycles. The Balaban J connectivity index is 1.81. The zero-order valence-corrected chi connectivity index (χ0v) is 23.1. The first-order valence-electron chi connectivity index (χ1n) is 13.2. The maximum absolute atomic E-state index is 12.3. The van der Waals surface area contributed by atoms with E-state index < -0.39 is 5.97 Å². The highest BCUT2D eigenvalue weighted by atomic mass is 16.5. The number of nitrogens with one attached hydrogen (secondary N) is 1. The third-order valence-electron chi connectivity index (χ3n) is 6.65. The number of carboxylic acid groups (broad SMARTS) is 1. The molecule has 0 radical (unpaired) electrons. The van der Waals surface area contributed by atoms with Crippen molar-refractivity contribution in [2.75, 3.05) is 6.54 Å². The van der Waals surface area contributed by atoms with Gasteiger partial charge in [0, 0.05) is 12.1 Å². The number of ether oxygens (including phenoxy) is 1. The fraction of sp³-hybridized carbons (Fsp3) is 0.333. The van der Waals surface area contributed by atoms with Crippen LogP contribution in [-0.2, 0) is 4.79 Å². The SMILES string of the molecule is C=C(C)CCC(Oc1cc(C)c(-c2ccc(C(C)C)cc2)c(C)c1)c1ccc(C(=O)NCCC(=O)O)cc1. The van der Waals surface area contributed by atoms with E-state index in [0.717, 1.165) is 40.9 Å². The highest BCUT2D eigenvalue weighted by Gasteiger charge is 2.17. The van der Waals surface area contributed by atoms with Crippen molar-refractivity contribution in [2.24, 2.45) is 0 Å². The Morgan fingerprint density at radius 2 is 1.50 bits per heavy atom. The molecule has 1 amide bonds. The number of hydrogen-bond donors (Lipinski definition) is 2. The maximum atomic E-state index is 12.3. The smallest absolute Gasteiger partial charge is 0.305 e. The molecule has 0 saturated heterocycles. The summed E-state index contributed by atoms with van der Waals surface area (Å²) >= 11 is 0. The number of benzene rings is 3. The zero-order chi connectivity index (χ0) is 27.8. The van der Waals surface area contributed by atoms with Crippen LogP contribution in [0.15, 0.2) is 72.8 Å². The first-order valence-corrected chi connectivity index (χ1v) is 13.2. The van der Waals surface area contributed by atoms with Crippen molar-refractivity contribution < 1.29 is 19.4 Å². The van der Waals surface area contributed by atoms with Gasteiger partial charge in [-0.2, -0.15) is 0 Å². The van der Waals surface area contributed by atoms with Crippen molar-refractivity contribution in [1.82, 2.24) is 5.32 Å². The van der Waals surface area contributed by atoms with Gasteiger partial charge in [0.05, 0.1) is 6.42 Å². The number of hydrogen-bond acceptors (Lipinski definition) is 3. The van der Waals surface area contributed by atoms with Gasteiger partial charge in [-0.1, -0.05) is 55.8 Å². The Morgan fingerprint density at radius 1 is 0.921 bits per heavy atom. The standard InChI is InChI=1S/C33H39NO4/c1-21(2)7-16-30(26-10-14-28(15-11-26)33(37)34-18-17-31(35)36)38-29-19-23(5)32(24(6)20-29)27-12-8-25(9-13-27)22(3)4/h8-15,19-20,22,30H,1,7,16-18H2,2-6H3,(H,34,37)(H,35,36). The molecule has 3 aromatic rings. The summed E-state index contributed by atoms with van der Waals surface area (Å²) in [7, 11) is 0. The van der Waals surface area contributed by atoms with Crippen molar-refractivity contribution in [3.05, 3.63) is 101 Å². The van der Waals surface area contributed by atoms with E-state index in [4.69, 9.17) is 9.84 Å². The van der Waals surface area contributed by atoms with E-state index in [9.17, 15) is 9.59 Å². The minimum absolute atomic E-state index is 0.0941. The minimum atomic E-state index is -0.944. The average molecular weight is 514 g/mol. The van der Waals surface area contributed by atoms with Crippen LogP contribution in [0, 0.1) is 13.8 Å². The lowest BCUT2D eigenvalue weighted by Crippen LogP contribution is -2.26. The first-order chi connectivity index (χ1) is 18.0. The van der Waals surface area contributed by atoms with Gasteiger partial charge in [0.1, 0.15) is 11.9 Å². The zero-order valence-electron chi connectivity index (χ0n) is 23.1. The molecule has 2 N–H and O–H groups in total. The molecule has 0 aliphatic heterocycles. The number of rotatable bonds is 12. The molecule has 3 aromatic carbocycles. The van der Waals surface area contributed by atoms with Crippen LogP contribution in [0.3, 0.4) is 0 Å². The quantitative estimate of drug-likeness (QED) is 0.243. The molecule has 0 bridgehead atoms. The van der Waals surface area contributed by atoms with Gasteiger partial charge in [0.25, 0.3) is 5.91 Å². The molecule has 1 unspecified atom stereocenters. The van der Waals surface area contributed by atoms with Crippen LogP contribution in [0.5, 0.6) is 5.75 Å². The Bertz CT molecular complexity index is 1250. The van der Waals surface area contributed by atoms with Crippen LogP contribution in [0.4, 0.5) is 0 Å². The number of allylic oxidation sites excluding steroid dienone is 1. The number of carboxylic acids is 1. The summed E-state index contributed by atoms with van der Waals surface area (Å²) in [5.41, 5.74) is 8.60. The summed E-state index contributed by atoms with van der Waals surface area (Å²) in [5, 5.41) is 11.4. The highest BCUT2D eigenvalue weighted by molar-refractivity contribution is 5.94. The molecular formula is C33H39NO4. The molecular weight excluding hydrogens is 474 g/mol. The van der Waals surface area contributed by atoms with E-state index in [-0.39, 0.29) is 25.0 Å². The van der Waals surface area contributed by atoms with Crippen molar-refractivity contribution in [3.63, 3.8) is 0 Å². The summed E-state index contributed by atoms with van der Waals surface area (Å²) in [4.78, 5) is 23.0. The minimum Gasteiger partial charge on any atom is -0.486 e.